The summed E-state index contributed by atoms with van der Waals surface area (Å²) in [6.07, 6.45) is 1.91. The molecule has 0 fully saturated rings. The Labute approximate surface area is 94.7 Å². The average Bonchev–Trinajstić information content (AvgIpc) is 2.58. The van der Waals surface area contributed by atoms with E-state index in [9.17, 15) is 0 Å². The Morgan fingerprint density at radius 1 is 1.31 bits per heavy atom. The molecule has 2 rings (SSSR count). The number of hydrogen-bond acceptors (Lipinski definition) is 3. The first-order valence-electron chi connectivity index (χ1n) is 5.08. The van der Waals surface area contributed by atoms with Gasteiger partial charge in [0.15, 0.2) is 0 Å². The highest BCUT2D eigenvalue weighted by Gasteiger charge is 2.06. The number of aromatic nitrogens is 2. The number of benzene rings is 1. The molecule has 4 nitrogen and oxygen atoms in total. The maximum Gasteiger partial charge on any atom is 0.205 e. The van der Waals surface area contributed by atoms with Crippen LogP contribution in [0.3, 0.4) is 0 Å². The lowest BCUT2D eigenvalue weighted by atomic mass is 10.2. The Hall–Kier alpha value is -1.97. The topological polar surface area (TPSA) is 53.1 Å². The van der Waals surface area contributed by atoms with Crippen molar-refractivity contribution in [3.8, 4) is 11.4 Å². The molecule has 0 bridgehead atoms. The van der Waals surface area contributed by atoms with Crippen LogP contribution in [0.4, 0.5) is 5.95 Å². The number of ether oxygens (including phenoxy) is 1. The third-order valence-electron chi connectivity index (χ3n) is 2.51. The van der Waals surface area contributed by atoms with Crippen LogP contribution in [-0.4, -0.2) is 16.7 Å². The van der Waals surface area contributed by atoms with E-state index in [1.165, 1.54) is 0 Å². The molecule has 0 spiro atoms. The third-order valence-corrected chi connectivity index (χ3v) is 2.51. The number of imidazole rings is 1. The van der Waals surface area contributed by atoms with E-state index in [0.717, 1.165) is 22.7 Å². The number of hydrogen-bond donors (Lipinski definition) is 1. The predicted molar refractivity (Wildman–Crippen MR) is 64.0 cm³/mol. The minimum Gasteiger partial charge on any atom is -0.496 e. The molecule has 2 N–H and O–H groups in total. The number of nitrogens with zero attached hydrogens (tertiary/aromatic N) is 2. The fourth-order valence-corrected chi connectivity index (χ4v) is 1.74. The Kier molecular flexibility index (Phi) is 2.56. The minimum atomic E-state index is 0.502. The quantitative estimate of drug-likeness (QED) is 0.837. The monoisotopic (exact) mass is 217 g/mol. The van der Waals surface area contributed by atoms with Crippen molar-refractivity contribution in [2.24, 2.45) is 0 Å². The molecule has 16 heavy (non-hydrogen) atoms. The second-order valence-electron chi connectivity index (χ2n) is 3.76. The Morgan fingerprint density at radius 2 is 2.06 bits per heavy atom. The summed E-state index contributed by atoms with van der Waals surface area (Å²) >= 11 is 0. The number of nitrogens with two attached hydrogens (primary N) is 1. The largest absolute Gasteiger partial charge is 0.496 e. The molecule has 1 aromatic heterocycles. The van der Waals surface area contributed by atoms with Crippen LogP contribution in [0.15, 0.2) is 24.4 Å². The Balaban J connectivity index is 2.49. The van der Waals surface area contributed by atoms with Gasteiger partial charge in [-0.1, -0.05) is 0 Å². The lowest BCUT2D eigenvalue weighted by molar-refractivity contribution is 0.411. The van der Waals surface area contributed by atoms with Crippen molar-refractivity contribution < 1.29 is 4.74 Å². The van der Waals surface area contributed by atoms with Gasteiger partial charge in [-0.3, -0.25) is 4.57 Å². The molecule has 1 heterocycles. The summed E-state index contributed by atoms with van der Waals surface area (Å²) in [6, 6.07) is 5.92. The molecule has 2 aromatic rings. The highest BCUT2D eigenvalue weighted by atomic mass is 16.5. The van der Waals surface area contributed by atoms with Crippen LogP contribution in [0.5, 0.6) is 5.75 Å². The Morgan fingerprint density at radius 3 is 2.56 bits per heavy atom. The van der Waals surface area contributed by atoms with Gasteiger partial charge in [-0.25, -0.2) is 4.98 Å². The average molecular weight is 217 g/mol. The molecule has 0 radical (unpaired) electrons. The zero-order valence-corrected chi connectivity index (χ0v) is 9.69. The molecule has 84 valence electrons. The molecular formula is C12H15N3O. The van der Waals surface area contributed by atoms with E-state index in [1.807, 2.05) is 42.8 Å². The lowest BCUT2D eigenvalue weighted by Gasteiger charge is -2.08. The van der Waals surface area contributed by atoms with Gasteiger partial charge in [-0.05, 0) is 37.6 Å². The van der Waals surface area contributed by atoms with Gasteiger partial charge in [0, 0.05) is 11.9 Å². The smallest absolute Gasteiger partial charge is 0.205 e. The van der Waals surface area contributed by atoms with Crippen LogP contribution >= 0.6 is 0 Å². The van der Waals surface area contributed by atoms with Crippen LogP contribution in [0.2, 0.25) is 0 Å². The van der Waals surface area contributed by atoms with E-state index in [0.29, 0.717) is 5.95 Å². The summed E-state index contributed by atoms with van der Waals surface area (Å²) in [5, 5.41) is 0. The van der Waals surface area contributed by atoms with Crippen molar-refractivity contribution in [3.05, 3.63) is 35.7 Å². The molecule has 0 saturated heterocycles. The van der Waals surface area contributed by atoms with Crippen molar-refractivity contribution in [1.82, 2.24) is 9.55 Å². The standard InChI is InChI=1S/C12H15N3O/c1-8-6-10(4-5-11(8)16-3)15-7-9(2)14-12(15)13/h4-7H,1-3H3,(H2,13,14). The van der Waals surface area contributed by atoms with Crippen LogP contribution in [-0.2, 0) is 0 Å². The molecule has 0 atom stereocenters. The lowest BCUT2D eigenvalue weighted by Crippen LogP contribution is -2.00. The van der Waals surface area contributed by atoms with Gasteiger partial charge < -0.3 is 10.5 Å². The summed E-state index contributed by atoms with van der Waals surface area (Å²) < 4.78 is 7.08. The molecule has 0 saturated carbocycles. The first-order chi connectivity index (χ1) is 7.61. The zero-order valence-electron chi connectivity index (χ0n) is 9.69. The number of rotatable bonds is 2. The molecule has 0 aliphatic rings. The van der Waals surface area contributed by atoms with Crippen molar-refractivity contribution in [3.63, 3.8) is 0 Å². The second-order valence-corrected chi connectivity index (χ2v) is 3.76. The second kappa shape index (κ2) is 3.89. The summed E-state index contributed by atoms with van der Waals surface area (Å²) in [5.74, 6) is 1.38. The molecular weight excluding hydrogens is 202 g/mol. The summed E-state index contributed by atoms with van der Waals surface area (Å²) in [6.45, 7) is 3.92. The van der Waals surface area contributed by atoms with Gasteiger partial charge in [0.2, 0.25) is 5.95 Å². The van der Waals surface area contributed by atoms with E-state index in [-0.39, 0.29) is 0 Å². The number of anilines is 1. The van der Waals surface area contributed by atoms with Gasteiger partial charge in [0.1, 0.15) is 5.75 Å². The fraction of sp³-hybridized carbons (Fsp3) is 0.250. The molecule has 0 unspecified atom stereocenters. The normalized spacial score (nSPS) is 10.4. The van der Waals surface area contributed by atoms with Crippen molar-refractivity contribution in [2.45, 2.75) is 13.8 Å². The SMILES string of the molecule is COc1ccc(-n2cc(C)nc2N)cc1C. The molecule has 4 heteroatoms. The first kappa shape index (κ1) is 10.5. The van der Waals surface area contributed by atoms with E-state index in [1.54, 1.807) is 7.11 Å². The molecule has 0 amide bonds. The number of methoxy groups -OCH3 is 1. The van der Waals surface area contributed by atoms with Crippen LogP contribution < -0.4 is 10.5 Å². The van der Waals surface area contributed by atoms with Gasteiger partial charge >= 0.3 is 0 Å². The van der Waals surface area contributed by atoms with E-state index in [4.69, 9.17) is 10.5 Å². The van der Waals surface area contributed by atoms with Gasteiger partial charge in [0.25, 0.3) is 0 Å². The third kappa shape index (κ3) is 1.74. The van der Waals surface area contributed by atoms with Gasteiger partial charge in [-0.15, -0.1) is 0 Å². The zero-order chi connectivity index (χ0) is 11.7. The van der Waals surface area contributed by atoms with Crippen LogP contribution in [0, 0.1) is 13.8 Å². The Bertz CT molecular complexity index is 517. The summed E-state index contributed by atoms with van der Waals surface area (Å²) in [4.78, 5) is 4.17. The fourth-order valence-electron chi connectivity index (χ4n) is 1.74. The predicted octanol–water partition coefficient (Wildman–Crippen LogP) is 2.08. The summed E-state index contributed by atoms with van der Waals surface area (Å²) in [7, 11) is 1.66. The molecule has 1 aromatic carbocycles. The first-order valence-corrected chi connectivity index (χ1v) is 5.08. The highest BCUT2D eigenvalue weighted by molar-refractivity contribution is 5.47. The van der Waals surface area contributed by atoms with E-state index in [2.05, 4.69) is 4.98 Å². The minimum absolute atomic E-state index is 0.502. The maximum atomic E-state index is 5.81. The number of nitrogen functional groups attached to an aromatic ring is 1. The summed E-state index contributed by atoms with van der Waals surface area (Å²) in [5.41, 5.74) is 8.79. The van der Waals surface area contributed by atoms with Crippen LogP contribution in [0.1, 0.15) is 11.3 Å². The van der Waals surface area contributed by atoms with Crippen molar-refractivity contribution in [2.75, 3.05) is 12.8 Å². The van der Waals surface area contributed by atoms with Crippen molar-refractivity contribution in [1.29, 1.82) is 0 Å². The molecule has 0 aliphatic heterocycles. The van der Waals surface area contributed by atoms with E-state index < -0.39 is 0 Å². The van der Waals surface area contributed by atoms with Gasteiger partial charge in [-0.2, -0.15) is 0 Å². The highest BCUT2D eigenvalue weighted by Crippen LogP contribution is 2.22. The van der Waals surface area contributed by atoms with E-state index >= 15 is 0 Å². The number of aryl methyl sites for hydroxylation is 2. The molecule has 0 aliphatic carbocycles. The maximum absolute atomic E-state index is 5.81. The van der Waals surface area contributed by atoms with Crippen molar-refractivity contribution >= 4 is 5.95 Å². The van der Waals surface area contributed by atoms with Crippen LogP contribution in [0.25, 0.3) is 5.69 Å². The van der Waals surface area contributed by atoms with Gasteiger partial charge in [0.05, 0.1) is 12.8 Å².